The number of carbonyl (C=O) groups excluding carboxylic acids is 1. The molecule has 0 unspecified atom stereocenters. The number of hydrogen-bond donors (Lipinski definition) is 2. The second kappa shape index (κ2) is 7.84. The molecule has 1 aromatic carbocycles. The minimum absolute atomic E-state index is 0.115. The Bertz CT molecular complexity index is 480. The van der Waals surface area contributed by atoms with E-state index in [2.05, 4.69) is 10.2 Å². The van der Waals surface area contributed by atoms with Crippen molar-refractivity contribution in [2.75, 3.05) is 43.9 Å². The van der Waals surface area contributed by atoms with E-state index >= 15 is 0 Å². The van der Waals surface area contributed by atoms with Crippen molar-refractivity contribution in [2.45, 2.75) is 12.8 Å². The molecule has 0 aliphatic carbocycles. The van der Waals surface area contributed by atoms with Crippen molar-refractivity contribution in [3.8, 4) is 0 Å². The third-order valence-electron chi connectivity index (χ3n) is 3.32. The van der Waals surface area contributed by atoms with Crippen LogP contribution in [0.4, 0.5) is 11.4 Å². The number of rotatable bonds is 4. The van der Waals surface area contributed by atoms with Crippen molar-refractivity contribution in [2.24, 2.45) is 0 Å². The molecule has 0 atom stereocenters. The summed E-state index contributed by atoms with van der Waals surface area (Å²) in [5.41, 5.74) is 6.61. The molecule has 3 N–H and O–H groups in total. The number of carbonyl (C=O) groups is 1. The van der Waals surface area contributed by atoms with E-state index in [1.165, 1.54) is 0 Å². The molecule has 5 nitrogen and oxygen atoms in total. The lowest BCUT2D eigenvalue weighted by Crippen LogP contribution is -2.30. The molecular formula is C14H19Cl2N3O2. The van der Waals surface area contributed by atoms with E-state index in [1.54, 1.807) is 12.1 Å². The average Bonchev–Trinajstić information content (AvgIpc) is 2.69. The molecule has 1 aliphatic heterocycles. The third-order valence-corrected chi connectivity index (χ3v) is 3.84. The molecule has 0 bridgehead atoms. The number of nitrogens with one attached hydrogen (secondary N) is 1. The van der Waals surface area contributed by atoms with Gasteiger partial charge in [0.05, 0.1) is 23.0 Å². The van der Waals surface area contributed by atoms with Gasteiger partial charge in [-0.15, -0.1) is 0 Å². The second-order valence-electron chi connectivity index (χ2n) is 4.96. The van der Waals surface area contributed by atoms with Crippen molar-refractivity contribution < 1.29 is 9.53 Å². The summed E-state index contributed by atoms with van der Waals surface area (Å²) < 4.78 is 5.38. The standard InChI is InChI=1S/C14H19Cl2N3O2/c15-10-8-11(16)14(12(17)9-10)18-13(20)2-4-19-3-1-6-21-7-5-19/h8-9H,1-7,17H2,(H,18,20). The van der Waals surface area contributed by atoms with Crippen LogP contribution in [-0.4, -0.2) is 43.7 Å². The van der Waals surface area contributed by atoms with Gasteiger partial charge in [0.1, 0.15) is 0 Å². The van der Waals surface area contributed by atoms with Crippen LogP contribution < -0.4 is 11.1 Å². The number of benzene rings is 1. The topological polar surface area (TPSA) is 67.6 Å². The zero-order chi connectivity index (χ0) is 15.2. The summed E-state index contributed by atoms with van der Waals surface area (Å²) in [6.07, 6.45) is 1.38. The van der Waals surface area contributed by atoms with Crippen LogP contribution in [0, 0.1) is 0 Å². The number of nitrogens with two attached hydrogens (primary N) is 1. The van der Waals surface area contributed by atoms with Crippen molar-refractivity contribution in [3.63, 3.8) is 0 Å². The van der Waals surface area contributed by atoms with E-state index in [0.717, 1.165) is 32.7 Å². The first-order chi connectivity index (χ1) is 10.1. The summed E-state index contributed by atoms with van der Waals surface area (Å²) in [6, 6.07) is 3.12. The van der Waals surface area contributed by atoms with E-state index in [4.69, 9.17) is 33.7 Å². The fourth-order valence-corrected chi connectivity index (χ4v) is 2.76. The molecule has 1 amide bonds. The Labute approximate surface area is 134 Å². The molecule has 1 aliphatic rings. The fourth-order valence-electron chi connectivity index (χ4n) is 2.21. The Hall–Kier alpha value is -1.01. The highest BCUT2D eigenvalue weighted by atomic mass is 35.5. The van der Waals surface area contributed by atoms with E-state index < -0.39 is 0 Å². The van der Waals surface area contributed by atoms with Crippen molar-refractivity contribution in [1.29, 1.82) is 0 Å². The maximum absolute atomic E-state index is 12.0. The third kappa shape index (κ3) is 5.04. The molecule has 0 spiro atoms. The number of hydrogen-bond acceptors (Lipinski definition) is 4. The van der Waals surface area contributed by atoms with Crippen LogP contribution in [0.3, 0.4) is 0 Å². The summed E-state index contributed by atoms with van der Waals surface area (Å²) in [6.45, 7) is 4.02. The first-order valence-corrected chi connectivity index (χ1v) is 7.66. The van der Waals surface area contributed by atoms with Crippen LogP contribution in [-0.2, 0) is 9.53 Å². The zero-order valence-electron chi connectivity index (χ0n) is 11.7. The highest BCUT2D eigenvalue weighted by Crippen LogP contribution is 2.32. The van der Waals surface area contributed by atoms with Crippen LogP contribution in [0.5, 0.6) is 0 Å². The summed E-state index contributed by atoms with van der Waals surface area (Å²) in [5.74, 6) is -0.115. The zero-order valence-corrected chi connectivity index (χ0v) is 13.2. The lowest BCUT2D eigenvalue weighted by Gasteiger charge is -2.18. The minimum Gasteiger partial charge on any atom is -0.397 e. The Morgan fingerprint density at radius 2 is 2.14 bits per heavy atom. The summed E-state index contributed by atoms with van der Waals surface area (Å²) in [5, 5.41) is 3.54. The van der Waals surface area contributed by atoms with Gasteiger partial charge >= 0.3 is 0 Å². The molecule has 1 heterocycles. The predicted molar refractivity (Wildman–Crippen MR) is 86.0 cm³/mol. The molecule has 0 radical (unpaired) electrons. The van der Waals surface area contributed by atoms with Crippen LogP contribution in [0.25, 0.3) is 0 Å². The van der Waals surface area contributed by atoms with Crippen LogP contribution >= 0.6 is 23.2 Å². The van der Waals surface area contributed by atoms with Gasteiger partial charge in [-0.25, -0.2) is 0 Å². The van der Waals surface area contributed by atoms with Gasteiger partial charge in [-0.05, 0) is 18.6 Å². The van der Waals surface area contributed by atoms with E-state index in [9.17, 15) is 4.79 Å². The largest absolute Gasteiger partial charge is 0.397 e. The molecule has 0 saturated carbocycles. The van der Waals surface area contributed by atoms with Gasteiger partial charge in [0.25, 0.3) is 0 Å². The monoisotopic (exact) mass is 331 g/mol. The molecule has 116 valence electrons. The van der Waals surface area contributed by atoms with Gasteiger partial charge in [-0.1, -0.05) is 23.2 Å². The molecule has 0 aromatic heterocycles. The van der Waals surface area contributed by atoms with Gasteiger partial charge in [-0.3, -0.25) is 4.79 Å². The predicted octanol–water partition coefficient (Wildman–Crippen LogP) is 2.63. The van der Waals surface area contributed by atoms with Crippen LogP contribution in [0.2, 0.25) is 10.0 Å². The van der Waals surface area contributed by atoms with Crippen LogP contribution in [0.15, 0.2) is 12.1 Å². The van der Waals surface area contributed by atoms with Crippen LogP contribution in [0.1, 0.15) is 12.8 Å². The Morgan fingerprint density at radius 3 is 2.90 bits per heavy atom. The van der Waals surface area contributed by atoms with E-state index in [-0.39, 0.29) is 5.91 Å². The highest BCUT2D eigenvalue weighted by molar-refractivity contribution is 6.37. The average molecular weight is 332 g/mol. The smallest absolute Gasteiger partial charge is 0.225 e. The molecular weight excluding hydrogens is 313 g/mol. The van der Waals surface area contributed by atoms with E-state index in [0.29, 0.717) is 34.4 Å². The summed E-state index contributed by atoms with van der Waals surface area (Å²) >= 11 is 11.9. The summed E-state index contributed by atoms with van der Waals surface area (Å²) in [4.78, 5) is 14.2. The Kier molecular flexibility index (Phi) is 6.11. The van der Waals surface area contributed by atoms with Gasteiger partial charge in [-0.2, -0.15) is 0 Å². The number of ether oxygens (including phenoxy) is 1. The number of nitrogens with zero attached hydrogens (tertiary/aromatic N) is 1. The lowest BCUT2D eigenvalue weighted by atomic mass is 10.2. The first-order valence-electron chi connectivity index (χ1n) is 6.91. The summed E-state index contributed by atoms with van der Waals surface area (Å²) in [7, 11) is 0. The normalized spacial score (nSPS) is 16.5. The van der Waals surface area contributed by atoms with Gasteiger partial charge < -0.3 is 20.7 Å². The van der Waals surface area contributed by atoms with Crippen molar-refractivity contribution in [3.05, 3.63) is 22.2 Å². The molecule has 2 rings (SSSR count). The van der Waals surface area contributed by atoms with Gasteiger partial charge in [0.2, 0.25) is 5.91 Å². The maximum atomic E-state index is 12.0. The highest BCUT2D eigenvalue weighted by Gasteiger charge is 2.13. The minimum atomic E-state index is -0.115. The molecule has 7 heteroatoms. The first kappa shape index (κ1) is 16.4. The number of anilines is 2. The van der Waals surface area contributed by atoms with Gasteiger partial charge in [0.15, 0.2) is 0 Å². The Balaban J connectivity index is 1.87. The molecule has 21 heavy (non-hydrogen) atoms. The maximum Gasteiger partial charge on any atom is 0.225 e. The van der Waals surface area contributed by atoms with Crippen molar-refractivity contribution >= 4 is 40.5 Å². The molecule has 1 aromatic rings. The fraction of sp³-hybridized carbons (Fsp3) is 0.500. The number of halogens is 2. The van der Waals surface area contributed by atoms with Crippen molar-refractivity contribution in [1.82, 2.24) is 4.90 Å². The Morgan fingerprint density at radius 1 is 1.33 bits per heavy atom. The van der Waals surface area contributed by atoms with E-state index in [1.807, 2.05) is 0 Å². The number of nitrogen functional groups attached to an aromatic ring is 1. The molecule has 1 fully saturated rings. The molecule has 1 saturated heterocycles. The number of amides is 1. The lowest BCUT2D eigenvalue weighted by molar-refractivity contribution is -0.116. The second-order valence-corrected chi connectivity index (χ2v) is 5.80. The van der Waals surface area contributed by atoms with Gasteiger partial charge in [0, 0.05) is 37.7 Å². The quantitative estimate of drug-likeness (QED) is 0.832. The SMILES string of the molecule is Nc1cc(Cl)cc(Cl)c1NC(=O)CCN1CCCOCC1.